The van der Waals surface area contributed by atoms with Gasteiger partial charge in [-0.1, -0.05) is 27.7 Å². The maximum absolute atomic E-state index is 13.4. The summed E-state index contributed by atoms with van der Waals surface area (Å²) in [6, 6.07) is 3.93. The lowest BCUT2D eigenvalue weighted by Crippen LogP contribution is -2.37. The van der Waals surface area contributed by atoms with Crippen molar-refractivity contribution in [3.63, 3.8) is 0 Å². The number of hydrogen-bond donors (Lipinski definition) is 0. The van der Waals surface area contributed by atoms with E-state index in [9.17, 15) is 9.59 Å². The van der Waals surface area contributed by atoms with Gasteiger partial charge in [-0.05, 0) is 58.0 Å². The van der Waals surface area contributed by atoms with Crippen molar-refractivity contribution < 1.29 is 23.8 Å². The number of carbonyl (C=O) groups excluding carboxylic acids is 2. The lowest BCUT2D eigenvalue weighted by Gasteiger charge is -2.42. The van der Waals surface area contributed by atoms with Crippen LogP contribution in [0.15, 0.2) is 34.8 Å². The van der Waals surface area contributed by atoms with Crippen molar-refractivity contribution in [2.24, 2.45) is 10.8 Å². The molecule has 0 aromatic heterocycles. The van der Waals surface area contributed by atoms with Crippen molar-refractivity contribution in [2.45, 2.75) is 66.2 Å². The third kappa shape index (κ3) is 4.11. The molecule has 0 radical (unpaired) electrons. The van der Waals surface area contributed by atoms with E-state index in [2.05, 4.69) is 50.3 Å². The van der Waals surface area contributed by atoms with Gasteiger partial charge in [0.25, 0.3) is 0 Å². The van der Waals surface area contributed by atoms with Gasteiger partial charge >= 0.3 is 0 Å². The average Bonchev–Trinajstić information content (AvgIpc) is 2.65. The van der Waals surface area contributed by atoms with Crippen molar-refractivity contribution in [1.29, 1.82) is 0 Å². The highest BCUT2D eigenvalue weighted by Crippen LogP contribution is 2.54. The first-order valence-electron chi connectivity index (χ1n) is 11.2. The number of hydrogen-bond acceptors (Lipinski definition) is 5. The summed E-state index contributed by atoms with van der Waals surface area (Å²) < 4.78 is 18.7. The number of allylic oxidation sites excluding steroid dienone is 4. The number of ketones is 2. The van der Waals surface area contributed by atoms with Gasteiger partial charge in [0.2, 0.25) is 0 Å². The van der Waals surface area contributed by atoms with Gasteiger partial charge in [0, 0.05) is 42.7 Å². The van der Waals surface area contributed by atoms with Crippen LogP contribution < -0.4 is 9.47 Å². The van der Waals surface area contributed by atoms with Crippen LogP contribution in [0.3, 0.4) is 0 Å². The summed E-state index contributed by atoms with van der Waals surface area (Å²) in [6.45, 7) is 10.8. The summed E-state index contributed by atoms with van der Waals surface area (Å²) in [5.41, 5.74) is 1.81. The second-order valence-electron chi connectivity index (χ2n) is 10.6. The maximum atomic E-state index is 13.4. The Labute approximate surface area is 203 Å². The second kappa shape index (κ2) is 8.19. The SMILES string of the molecule is CCOc1c(I)cc(C2C3=C(CC(C)(C)CC3=O)OC3=C2C(=O)CC(C)(C)C3)cc1OC. The van der Waals surface area contributed by atoms with Gasteiger partial charge in [-0.15, -0.1) is 0 Å². The summed E-state index contributed by atoms with van der Waals surface area (Å²) >= 11 is 2.23. The van der Waals surface area contributed by atoms with Crippen LogP contribution in [-0.2, 0) is 14.3 Å². The molecule has 0 spiro atoms. The van der Waals surface area contributed by atoms with Crippen LogP contribution in [0.5, 0.6) is 11.5 Å². The predicted molar refractivity (Wildman–Crippen MR) is 131 cm³/mol. The Balaban J connectivity index is 1.94. The lowest BCUT2D eigenvalue weighted by molar-refractivity contribution is -0.120. The summed E-state index contributed by atoms with van der Waals surface area (Å²) in [7, 11) is 1.61. The van der Waals surface area contributed by atoms with E-state index in [1.807, 2.05) is 19.1 Å². The Morgan fingerprint density at radius 3 is 1.97 bits per heavy atom. The fraction of sp³-hybridized carbons (Fsp3) is 0.538. The second-order valence-corrected chi connectivity index (χ2v) is 11.7. The van der Waals surface area contributed by atoms with Gasteiger partial charge in [-0.2, -0.15) is 0 Å². The van der Waals surface area contributed by atoms with Crippen LogP contribution >= 0.6 is 22.6 Å². The molecule has 1 heterocycles. The molecule has 0 atom stereocenters. The topological polar surface area (TPSA) is 61.8 Å². The molecule has 0 bridgehead atoms. The Morgan fingerprint density at radius 2 is 1.50 bits per heavy atom. The third-order valence-corrected chi connectivity index (χ3v) is 7.26. The molecule has 4 rings (SSSR count). The Hall–Kier alpha value is -1.83. The standard InChI is InChI=1S/C26H31IO5/c1-7-31-24-15(27)8-14(9-18(24)30-6)21-22-16(28)10-25(2,3)12-19(22)32-20-13-26(4,5)11-17(29)23(20)21/h8-9,21H,7,10-13H2,1-6H3. The van der Waals surface area contributed by atoms with Crippen LogP contribution in [0.4, 0.5) is 0 Å². The van der Waals surface area contributed by atoms with Crippen LogP contribution in [-0.4, -0.2) is 25.3 Å². The smallest absolute Gasteiger partial charge is 0.174 e. The minimum absolute atomic E-state index is 0.0632. The first kappa shape index (κ1) is 23.3. The number of halogens is 1. The Kier molecular flexibility index (Phi) is 5.97. The largest absolute Gasteiger partial charge is 0.493 e. The van der Waals surface area contributed by atoms with Gasteiger partial charge in [0.05, 0.1) is 17.3 Å². The average molecular weight is 550 g/mol. The van der Waals surface area contributed by atoms with E-state index in [1.54, 1.807) is 7.11 Å². The van der Waals surface area contributed by atoms with Gasteiger partial charge in [0.1, 0.15) is 11.5 Å². The number of Topliss-reactive ketones (excluding diaryl/α,β-unsaturated/α-hetero) is 2. The lowest BCUT2D eigenvalue weighted by atomic mass is 9.65. The molecule has 0 saturated carbocycles. The van der Waals surface area contributed by atoms with Crippen LogP contribution in [0.1, 0.15) is 71.8 Å². The van der Waals surface area contributed by atoms with Gasteiger partial charge in [-0.3, -0.25) is 9.59 Å². The van der Waals surface area contributed by atoms with E-state index in [0.717, 1.165) is 20.7 Å². The molecule has 1 aromatic rings. The zero-order valence-corrected chi connectivity index (χ0v) is 21.8. The zero-order chi connectivity index (χ0) is 23.4. The van der Waals surface area contributed by atoms with E-state index < -0.39 is 5.92 Å². The molecule has 0 unspecified atom stereocenters. The number of methoxy groups -OCH3 is 1. The number of benzene rings is 1. The fourth-order valence-electron chi connectivity index (χ4n) is 5.20. The quantitative estimate of drug-likeness (QED) is 0.424. The van der Waals surface area contributed by atoms with Crippen LogP contribution in [0, 0.1) is 14.4 Å². The molecule has 0 fully saturated rings. The zero-order valence-electron chi connectivity index (χ0n) is 19.7. The first-order chi connectivity index (χ1) is 15.0. The van der Waals surface area contributed by atoms with Crippen LogP contribution in [0.25, 0.3) is 0 Å². The summed E-state index contributed by atoms with van der Waals surface area (Å²) in [5, 5.41) is 0. The molecule has 1 aromatic carbocycles. The van der Waals surface area contributed by atoms with Crippen molar-refractivity contribution in [3.8, 4) is 11.5 Å². The molecule has 5 nitrogen and oxygen atoms in total. The monoisotopic (exact) mass is 550 g/mol. The van der Waals surface area contributed by atoms with Crippen molar-refractivity contribution in [1.82, 2.24) is 0 Å². The van der Waals surface area contributed by atoms with Crippen LogP contribution in [0.2, 0.25) is 0 Å². The summed E-state index contributed by atoms with van der Waals surface area (Å²) in [5.74, 6) is 2.44. The molecule has 6 heteroatoms. The molecule has 0 saturated heterocycles. The predicted octanol–water partition coefficient (Wildman–Crippen LogP) is 6.10. The van der Waals surface area contributed by atoms with E-state index >= 15 is 0 Å². The van der Waals surface area contributed by atoms with E-state index in [0.29, 0.717) is 54.9 Å². The molecule has 0 N–H and O–H groups in total. The number of rotatable bonds is 4. The number of ether oxygens (including phenoxy) is 3. The van der Waals surface area contributed by atoms with Gasteiger partial charge < -0.3 is 14.2 Å². The molecule has 2 aliphatic carbocycles. The molecule has 32 heavy (non-hydrogen) atoms. The molecular formula is C26H31IO5. The van der Waals surface area contributed by atoms with Gasteiger partial charge in [-0.25, -0.2) is 0 Å². The highest BCUT2D eigenvalue weighted by molar-refractivity contribution is 14.1. The van der Waals surface area contributed by atoms with Crippen molar-refractivity contribution >= 4 is 34.2 Å². The van der Waals surface area contributed by atoms with E-state index in [-0.39, 0.29) is 22.4 Å². The Morgan fingerprint density at radius 1 is 0.969 bits per heavy atom. The maximum Gasteiger partial charge on any atom is 0.174 e. The van der Waals surface area contributed by atoms with E-state index in [1.165, 1.54) is 0 Å². The fourth-order valence-corrected chi connectivity index (χ4v) is 5.98. The molecule has 0 amide bonds. The molecule has 172 valence electrons. The minimum Gasteiger partial charge on any atom is -0.493 e. The summed E-state index contributed by atoms with van der Waals surface area (Å²) in [4.78, 5) is 26.8. The third-order valence-electron chi connectivity index (χ3n) is 6.46. The highest BCUT2D eigenvalue weighted by atomic mass is 127. The van der Waals surface area contributed by atoms with Gasteiger partial charge in [0.15, 0.2) is 23.1 Å². The first-order valence-corrected chi connectivity index (χ1v) is 12.2. The molecule has 1 aliphatic heterocycles. The number of carbonyl (C=O) groups is 2. The Bertz CT molecular complexity index is 1010. The normalized spacial score (nSPS) is 22.3. The summed E-state index contributed by atoms with van der Waals surface area (Å²) in [6.07, 6.45) is 2.25. The van der Waals surface area contributed by atoms with Crippen molar-refractivity contribution in [2.75, 3.05) is 13.7 Å². The van der Waals surface area contributed by atoms with E-state index in [4.69, 9.17) is 14.2 Å². The van der Waals surface area contributed by atoms with Crippen molar-refractivity contribution in [3.05, 3.63) is 43.9 Å². The highest BCUT2D eigenvalue weighted by Gasteiger charge is 2.48. The molecular weight excluding hydrogens is 519 g/mol. The minimum atomic E-state index is -0.431. The molecule has 3 aliphatic rings.